The van der Waals surface area contributed by atoms with Crippen molar-refractivity contribution >= 4 is 45.0 Å². The summed E-state index contributed by atoms with van der Waals surface area (Å²) >= 11 is 0. The minimum atomic E-state index is -2.60. The first-order valence-electron chi connectivity index (χ1n) is 29.3. The molecule has 11 rings (SSSR count). The number of para-hydroxylation sites is 3. The fourth-order valence-corrected chi connectivity index (χ4v) is 10.0. The van der Waals surface area contributed by atoms with Crippen molar-refractivity contribution in [2.24, 2.45) is 0 Å². The molecular weight excluding hydrogens is 1130 g/mol. The van der Waals surface area contributed by atoms with Crippen molar-refractivity contribution in [3.05, 3.63) is 222 Å². The number of hydrogen-bond donors (Lipinski definition) is 0. The van der Waals surface area contributed by atoms with Crippen LogP contribution in [0, 0.1) is 19.0 Å². The third-order valence-corrected chi connectivity index (χ3v) is 14.2. The van der Waals surface area contributed by atoms with E-state index < -0.39 is 25.0 Å². The van der Waals surface area contributed by atoms with Gasteiger partial charge in [-0.15, -0.1) is 35.7 Å². The molecule has 0 N–H and O–H groups in total. The molecule has 3 heterocycles. The molecule has 1 aliphatic heterocycles. The Hall–Kier alpha value is -7.73. The van der Waals surface area contributed by atoms with E-state index in [1.807, 2.05) is 66.7 Å². The Kier molecular flexibility index (Phi) is 11.9. The fraction of sp³-hybridized carbons (Fsp3) is 0.217. The standard InChI is InChI=1S/C69H64N4O3.Pt/c1-45-38-65(70-44-60(45)47-30-32-49(33-31-47)67(2,3)4)73-61-27-15-14-24-58(61)59-35-34-54(43-64(59)73)75-53-23-18-22-52(42-53)72-63-29-17-16-28-62(63)71(76-66(72)74)37-36-57-55(46-20-12-11-13-21-46)25-19-26-56(57)48-39-50(68(5,6)7)41-51(40-48)69(8,9)10;/h11-35,38-41,44H,36-37H2,1-10H3;/q-2;+2/i1D3,14D,15D,24D,27D;. The number of nitrogens with zero attached hydrogens (tertiary/aromatic N) is 4. The molecule has 0 saturated heterocycles. The predicted molar refractivity (Wildman–Crippen MR) is 312 cm³/mol. The molecule has 77 heavy (non-hydrogen) atoms. The van der Waals surface area contributed by atoms with E-state index in [0.29, 0.717) is 46.5 Å². The minimum absolute atomic E-state index is 0. The van der Waals surface area contributed by atoms with E-state index in [2.05, 4.69) is 123 Å². The summed E-state index contributed by atoms with van der Waals surface area (Å²) in [5, 5.41) is 2.29. The van der Waals surface area contributed by atoms with E-state index in [9.17, 15) is 4.79 Å². The van der Waals surface area contributed by atoms with Gasteiger partial charge in [0.1, 0.15) is 5.82 Å². The first kappa shape index (κ1) is 44.4. The number of ether oxygens (including phenoxy) is 1. The summed E-state index contributed by atoms with van der Waals surface area (Å²) in [6.45, 7) is 17.5. The molecule has 1 aliphatic rings. The fourth-order valence-electron chi connectivity index (χ4n) is 10.0. The maximum absolute atomic E-state index is 14.5. The molecule has 0 fully saturated rings. The van der Waals surface area contributed by atoms with Crippen molar-refractivity contribution in [1.82, 2.24) is 9.55 Å². The summed E-state index contributed by atoms with van der Waals surface area (Å²) in [4.78, 5) is 27.1. The molecule has 0 saturated carbocycles. The third-order valence-electron chi connectivity index (χ3n) is 14.2. The van der Waals surface area contributed by atoms with Crippen molar-refractivity contribution < 1.29 is 45.0 Å². The van der Waals surface area contributed by atoms with E-state index >= 15 is 0 Å². The summed E-state index contributed by atoms with van der Waals surface area (Å²) in [7, 11) is 0. The number of aromatic nitrogens is 2. The molecular formula is C69H64N4O3Pt. The largest absolute Gasteiger partial charge is 2.00 e. The van der Waals surface area contributed by atoms with Crippen LogP contribution in [0.3, 0.4) is 0 Å². The van der Waals surface area contributed by atoms with E-state index in [-0.39, 0.29) is 88.7 Å². The summed E-state index contributed by atoms with van der Waals surface area (Å²) in [5.41, 5.74) is 11.9. The van der Waals surface area contributed by atoms with Crippen LogP contribution in [0.25, 0.3) is 61.0 Å². The molecule has 0 atom stereocenters. The van der Waals surface area contributed by atoms with Crippen molar-refractivity contribution in [1.29, 1.82) is 0 Å². The Morgan fingerprint density at radius 3 is 1.95 bits per heavy atom. The van der Waals surface area contributed by atoms with Gasteiger partial charge in [-0.25, -0.2) is 14.8 Å². The van der Waals surface area contributed by atoms with Gasteiger partial charge in [0, 0.05) is 32.9 Å². The average Bonchev–Trinajstić information content (AvgIpc) is 2.02. The Bertz CT molecular complexity index is 4150. The number of fused-ring (bicyclic) bond motifs is 4. The van der Waals surface area contributed by atoms with Crippen molar-refractivity contribution in [3.63, 3.8) is 0 Å². The second kappa shape index (κ2) is 20.7. The minimum Gasteiger partial charge on any atom is -0.509 e. The van der Waals surface area contributed by atoms with E-state index in [1.54, 1.807) is 35.4 Å². The molecule has 0 spiro atoms. The molecule has 7 nitrogen and oxygen atoms in total. The SMILES string of the molecule is [2H]c1c([2H])c([2H])c2c(c1[2H])c1ccc(Oc3[c-]c(N4C(=O)ON(CCc5c(-c6ccccc6)cccc5-c5cc(C(C)(C)C)cc(C(C)(C)C)c5)c5ccccc54)ccc3)[c-]c1n2-c1cc(C([2H])([2H])[2H])c(-c2ccc(C(C)(C)C)cc2)cn1.[Pt+2]. The van der Waals surface area contributed by atoms with E-state index in [0.717, 1.165) is 33.4 Å². The van der Waals surface area contributed by atoms with Crippen LogP contribution < -0.4 is 14.7 Å². The number of rotatable bonds is 10. The number of carbonyl (C=O) groups is 1. The molecule has 0 unspecified atom stereocenters. The number of anilines is 3. The van der Waals surface area contributed by atoms with Crippen LogP contribution in [-0.4, -0.2) is 22.2 Å². The van der Waals surface area contributed by atoms with Gasteiger partial charge in [0.25, 0.3) is 0 Å². The summed E-state index contributed by atoms with van der Waals surface area (Å²) < 4.78 is 69.5. The van der Waals surface area contributed by atoms with Gasteiger partial charge < -0.3 is 14.1 Å². The van der Waals surface area contributed by atoms with Gasteiger partial charge in [-0.1, -0.05) is 195 Å². The Morgan fingerprint density at radius 1 is 0.610 bits per heavy atom. The summed E-state index contributed by atoms with van der Waals surface area (Å²) in [6, 6.07) is 54.1. The molecule has 0 bridgehead atoms. The van der Waals surface area contributed by atoms with E-state index in [4.69, 9.17) is 24.2 Å². The van der Waals surface area contributed by atoms with Crippen LogP contribution in [0.1, 0.15) is 99.7 Å². The number of carbonyl (C=O) groups excluding carboxylic acids is 1. The summed E-state index contributed by atoms with van der Waals surface area (Å²) in [6.07, 6.45) is 1.39. The van der Waals surface area contributed by atoms with Gasteiger partial charge in [-0.2, -0.15) is 12.1 Å². The number of amides is 1. The van der Waals surface area contributed by atoms with Crippen molar-refractivity contribution in [2.75, 3.05) is 16.5 Å². The second-order valence-corrected chi connectivity index (χ2v) is 22.6. The Morgan fingerprint density at radius 2 is 1.25 bits per heavy atom. The van der Waals surface area contributed by atoms with Crippen LogP contribution in [0.4, 0.5) is 21.9 Å². The number of hydroxylamine groups is 1. The molecule has 10 aromatic rings. The van der Waals surface area contributed by atoms with Gasteiger partial charge >= 0.3 is 27.2 Å². The maximum Gasteiger partial charge on any atom is 2.00 e. The van der Waals surface area contributed by atoms with Gasteiger partial charge in [-0.05, 0) is 115 Å². The molecule has 0 radical (unpaired) electrons. The number of benzene rings is 8. The monoisotopic (exact) mass is 1200 g/mol. The molecule has 2 aromatic heterocycles. The maximum atomic E-state index is 14.5. The molecule has 8 aromatic carbocycles. The van der Waals surface area contributed by atoms with Crippen molar-refractivity contribution in [3.8, 4) is 50.7 Å². The zero-order valence-corrected chi connectivity index (χ0v) is 47.0. The van der Waals surface area contributed by atoms with Crippen molar-refractivity contribution in [2.45, 2.75) is 91.8 Å². The molecule has 0 aliphatic carbocycles. The first-order valence-corrected chi connectivity index (χ1v) is 25.8. The Labute approximate surface area is 478 Å². The van der Waals surface area contributed by atoms with Gasteiger partial charge in [0.2, 0.25) is 0 Å². The molecule has 388 valence electrons. The number of aryl methyl sites for hydroxylation is 1. The Balaban J connectivity index is 0.00000786. The van der Waals surface area contributed by atoms with Crippen LogP contribution in [0.2, 0.25) is 0 Å². The predicted octanol–water partition coefficient (Wildman–Crippen LogP) is 18.0. The summed E-state index contributed by atoms with van der Waals surface area (Å²) in [5.74, 6) is 0.507. The number of hydrogen-bond acceptors (Lipinski definition) is 5. The topological polar surface area (TPSA) is 59.8 Å². The smallest absolute Gasteiger partial charge is 0.509 e. The quantitative estimate of drug-likeness (QED) is 0.128. The van der Waals surface area contributed by atoms with Gasteiger partial charge in [0.15, 0.2) is 0 Å². The first-order chi connectivity index (χ1) is 39.3. The zero-order valence-electron chi connectivity index (χ0n) is 51.8. The van der Waals surface area contributed by atoms with Crippen LogP contribution in [-0.2, 0) is 48.6 Å². The van der Waals surface area contributed by atoms with Crippen LogP contribution in [0.5, 0.6) is 11.5 Å². The zero-order chi connectivity index (χ0) is 59.1. The van der Waals surface area contributed by atoms with Crippen LogP contribution in [0.15, 0.2) is 182 Å². The molecule has 1 amide bonds. The third kappa shape index (κ3) is 10.5. The number of pyridine rings is 1. The average molecular weight is 1200 g/mol. The normalized spacial score (nSPS) is 14.4. The van der Waals surface area contributed by atoms with Crippen LogP contribution >= 0.6 is 0 Å². The van der Waals surface area contributed by atoms with E-state index in [1.165, 1.54) is 32.9 Å². The van der Waals surface area contributed by atoms with Gasteiger partial charge in [0.05, 0.1) is 23.4 Å². The molecule has 8 heteroatoms. The second-order valence-electron chi connectivity index (χ2n) is 22.6. The van der Waals surface area contributed by atoms with Gasteiger partial charge in [-0.3, -0.25) is 4.90 Å².